The number of hydrogen-bond acceptors (Lipinski definition) is 5. The van der Waals surface area contributed by atoms with E-state index in [1.54, 1.807) is 6.07 Å². The maximum Gasteiger partial charge on any atom is 0.249 e. The van der Waals surface area contributed by atoms with E-state index >= 15 is 0 Å². The molecule has 0 aliphatic heterocycles. The summed E-state index contributed by atoms with van der Waals surface area (Å²) in [6.07, 6.45) is 1.65. The highest BCUT2D eigenvalue weighted by Gasteiger charge is 2.12. The summed E-state index contributed by atoms with van der Waals surface area (Å²) in [7, 11) is 1.88. The molecule has 0 saturated heterocycles. The van der Waals surface area contributed by atoms with Gasteiger partial charge in [0, 0.05) is 18.3 Å². The lowest BCUT2D eigenvalue weighted by molar-refractivity contribution is 0.810. The van der Waals surface area contributed by atoms with Crippen molar-refractivity contribution in [1.82, 2.24) is 15.2 Å². The number of aromatic nitrogens is 3. The van der Waals surface area contributed by atoms with Crippen molar-refractivity contribution >= 4 is 17.5 Å². The van der Waals surface area contributed by atoms with Gasteiger partial charge in [-0.2, -0.15) is 0 Å². The highest BCUT2D eigenvalue weighted by atomic mass is 15.3. The van der Waals surface area contributed by atoms with Gasteiger partial charge in [0.2, 0.25) is 5.95 Å². The molecule has 6 nitrogen and oxygen atoms in total. The zero-order valence-electron chi connectivity index (χ0n) is 12.6. The topological polar surface area (TPSA) is 91.8 Å². The number of nitrogen functional groups attached to an aromatic ring is 1. The van der Waals surface area contributed by atoms with Crippen LogP contribution < -0.4 is 10.6 Å². The standard InChI is InChI=1S/C15H20N6/c1-4-12-13(5-2)19-20-15(18-12)21(3)11-8-6-7-10(9-11)14(16)17/h6-9H,4-5H2,1-3H3,(H3,16,17). The van der Waals surface area contributed by atoms with Gasteiger partial charge in [0.25, 0.3) is 0 Å². The van der Waals surface area contributed by atoms with E-state index in [1.807, 2.05) is 37.1 Å². The second-order valence-electron chi connectivity index (χ2n) is 4.74. The molecule has 0 bridgehead atoms. The minimum atomic E-state index is 0.0415. The minimum absolute atomic E-state index is 0.0415. The third-order valence-electron chi connectivity index (χ3n) is 3.34. The van der Waals surface area contributed by atoms with Gasteiger partial charge in [-0.25, -0.2) is 4.98 Å². The molecule has 1 aromatic carbocycles. The molecule has 0 unspecified atom stereocenters. The fourth-order valence-corrected chi connectivity index (χ4v) is 2.07. The van der Waals surface area contributed by atoms with E-state index in [2.05, 4.69) is 22.1 Å². The summed E-state index contributed by atoms with van der Waals surface area (Å²) in [5.74, 6) is 0.588. The third-order valence-corrected chi connectivity index (χ3v) is 3.34. The first-order chi connectivity index (χ1) is 10.1. The number of rotatable bonds is 5. The van der Waals surface area contributed by atoms with E-state index in [0.717, 1.165) is 29.9 Å². The second-order valence-corrected chi connectivity index (χ2v) is 4.74. The average molecular weight is 284 g/mol. The zero-order chi connectivity index (χ0) is 15.4. The predicted molar refractivity (Wildman–Crippen MR) is 84.1 cm³/mol. The first-order valence-corrected chi connectivity index (χ1v) is 6.97. The van der Waals surface area contributed by atoms with Gasteiger partial charge in [-0.1, -0.05) is 26.0 Å². The summed E-state index contributed by atoms with van der Waals surface area (Å²) in [5, 5.41) is 16.0. The molecule has 110 valence electrons. The molecule has 0 fully saturated rings. The summed E-state index contributed by atoms with van der Waals surface area (Å²) in [6, 6.07) is 7.42. The van der Waals surface area contributed by atoms with Gasteiger partial charge in [0.05, 0.1) is 11.4 Å². The van der Waals surface area contributed by atoms with Crippen LogP contribution in [-0.2, 0) is 12.8 Å². The van der Waals surface area contributed by atoms with Crippen LogP contribution in [-0.4, -0.2) is 28.1 Å². The molecule has 0 amide bonds. The Morgan fingerprint density at radius 1 is 1.19 bits per heavy atom. The number of anilines is 2. The molecule has 2 aromatic rings. The van der Waals surface area contributed by atoms with Crippen LogP contribution in [0.3, 0.4) is 0 Å². The van der Waals surface area contributed by atoms with Crippen LogP contribution in [0.15, 0.2) is 24.3 Å². The van der Waals surface area contributed by atoms with E-state index in [4.69, 9.17) is 11.1 Å². The molecule has 0 spiro atoms. The molecular weight excluding hydrogens is 264 g/mol. The average Bonchev–Trinajstić information content (AvgIpc) is 2.53. The number of nitrogens with zero attached hydrogens (tertiary/aromatic N) is 4. The van der Waals surface area contributed by atoms with Gasteiger partial charge in [0.15, 0.2) is 0 Å². The zero-order valence-corrected chi connectivity index (χ0v) is 12.6. The molecule has 6 heteroatoms. The van der Waals surface area contributed by atoms with Crippen LogP contribution >= 0.6 is 0 Å². The third kappa shape index (κ3) is 3.16. The fraction of sp³-hybridized carbons (Fsp3) is 0.333. The number of nitrogens with two attached hydrogens (primary N) is 1. The molecule has 21 heavy (non-hydrogen) atoms. The van der Waals surface area contributed by atoms with Crippen LogP contribution in [0.4, 0.5) is 11.6 Å². The maximum atomic E-state index is 7.51. The van der Waals surface area contributed by atoms with Crippen molar-refractivity contribution in [2.75, 3.05) is 11.9 Å². The predicted octanol–water partition coefficient (Wildman–Crippen LogP) is 2.05. The van der Waals surface area contributed by atoms with Crippen molar-refractivity contribution < 1.29 is 0 Å². The SMILES string of the molecule is CCc1nnc(N(C)c2cccc(C(=N)N)c2)nc1CC. The lowest BCUT2D eigenvalue weighted by Gasteiger charge is -2.18. The highest BCUT2D eigenvalue weighted by molar-refractivity contribution is 5.95. The Labute approximate surface area is 124 Å². The van der Waals surface area contributed by atoms with Gasteiger partial charge in [-0.15, -0.1) is 10.2 Å². The summed E-state index contributed by atoms with van der Waals surface area (Å²) in [6.45, 7) is 4.11. The number of hydrogen-bond donors (Lipinski definition) is 2. The Hall–Kier alpha value is -2.50. The van der Waals surface area contributed by atoms with Crippen molar-refractivity contribution in [1.29, 1.82) is 5.41 Å². The van der Waals surface area contributed by atoms with Crippen LogP contribution in [0.2, 0.25) is 0 Å². The summed E-state index contributed by atoms with van der Waals surface area (Å²) >= 11 is 0. The Morgan fingerprint density at radius 3 is 2.52 bits per heavy atom. The lowest BCUT2D eigenvalue weighted by atomic mass is 10.2. The van der Waals surface area contributed by atoms with Crippen molar-refractivity contribution in [3.63, 3.8) is 0 Å². The molecule has 3 N–H and O–H groups in total. The Kier molecular flexibility index (Phi) is 4.47. The first kappa shape index (κ1) is 14.9. The minimum Gasteiger partial charge on any atom is -0.384 e. The summed E-state index contributed by atoms with van der Waals surface area (Å²) in [5.41, 5.74) is 8.98. The van der Waals surface area contributed by atoms with Crippen molar-refractivity contribution in [3.05, 3.63) is 41.2 Å². The summed E-state index contributed by atoms with van der Waals surface area (Å²) in [4.78, 5) is 6.43. The van der Waals surface area contributed by atoms with Gasteiger partial charge >= 0.3 is 0 Å². The molecule has 0 atom stereocenters. The van der Waals surface area contributed by atoms with E-state index in [0.29, 0.717) is 11.5 Å². The van der Waals surface area contributed by atoms with Gasteiger partial charge in [0.1, 0.15) is 5.84 Å². The molecule has 0 radical (unpaired) electrons. The van der Waals surface area contributed by atoms with Crippen molar-refractivity contribution in [2.45, 2.75) is 26.7 Å². The number of nitrogens with one attached hydrogen (secondary N) is 1. The monoisotopic (exact) mass is 284 g/mol. The summed E-state index contributed by atoms with van der Waals surface area (Å²) < 4.78 is 0. The lowest BCUT2D eigenvalue weighted by Crippen LogP contribution is -2.17. The number of aryl methyl sites for hydroxylation is 2. The van der Waals surface area contributed by atoms with Crippen LogP contribution in [0, 0.1) is 5.41 Å². The molecular formula is C15H20N6. The molecule has 0 aliphatic rings. The number of benzene rings is 1. The quantitative estimate of drug-likeness (QED) is 0.647. The fourth-order valence-electron chi connectivity index (χ4n) is 2.07. The Balaban J connectivity index is 2.37. The van der Waals surface area contributed by atoms with Crippen LogP contribution in [0.25, 0.3) is 0 Å². The smallest absolute Gasteiger partial charge is 0.249 e. The molecule has 1 heterocycles. The van der Waals surface area contributed by atoms with Crippen molar-refractivity contribution in [3.8, 4) is 0 Å². The molecule has 1 aromatic heterocycles. The second kappa shape index (κ2) is 6.30. The van der Waals surface area contributed by atoms with Crippen LogP contribution in [0.5, 0.6) is 0 Å². The Morgan fingerprint density at radius 2 is 1.90 bits per heavy atom. The maximum absolute atomic E-state index is 7.51. The van der Waals surface area contributed by atoms with Crippen molar-refractivity contribution in [2.24, 2.45) is 5.73 Å². The molecule has 0 saturated carbocycles. The van der Waals surface area contributed by atoms with E-state index in [1.165, 1.54) is 0 Å². The Bertz CT molecular complexity index is 652. The van der Waals surface area contributed by atoms with E-state index in [-0.39, 0.29) is 5.84 Å². The van der Waals surface area contributed by atoms with Crippen LogP contribution in [0.1, 0.15) is 30.8 Å². The van der Waals surface area contributed by atoms with Gasteiger partial charge < -0.3 is 10.6 Å². The van der Waals surface area contributed by atoms with E-state index < -0.39 is 0 Å². The normalized spacial score (nSPS) is 10.4. The highest BCUT2D eigenvalue weighted by Crippen LogP contribution is 2.21. The number of amidine groups is 1. The first-order valence-electron chi connectivity index (χ1n) is 6.97. The van der Waals surface area contributed by atoms with Gasteiger partial charge in [-0.05, 0) is 25.0 Å². The largest absolute Gasteiger partial charge is 0.384 e. The van der Waals surface area contributed by atoms with E-state index in [9.17, 15) is 0 Å². The van der Waals surface area contributed by atoms with Gasteiger partial charge in [-0.3, -0.25) is 5.41 Å². The molecule has 2 rings (SSSR count). The molecule has 0 aliphatic carbocycles.